The van der Waals surface area contributed by atoms with Crippen molar-refractivity contribution >= 4 is 23.3 Å². The highest BCUT2D eigenvalue weighted by molar-refractivity contribution is 6.33. The number of halogens is 2. The van der Waals surface area contributed by atoms with E-state index in [0.29, 0.717) is 22.8 Å². The molecule has 2 atom stereocenters. The van der Waals surface area contributed by atoms with Gasteiger partial charge < -0.3 is 10.6 Å². The molecule has 2 amide bonds. The quantitative estimate of drug-likeness (QED) is 0.740. The Hall–Kier alpha value is -2.11. The smallest absolute Gasteiger partial charge is 0.319 e. The van der Waals surface area contributed by atoms with Crippen LogP contribution in [0.4, 0.5) is 14.9 Å². The van der Waals surface area contributed by atoms with Crippen molar-refractivity contribution < 1.29 is 9.18 Å². The second-order valence-corrected chi connectivity index (χ2v) is 8.19. The van der Waals surface area contributed by atoms with Crippen LogP contribution in [0.1, 0.15) is 37.7 Å². The highest BCUT2D eigenvalue weighted by Crippen LogP contribution is 2.35. The predicted octanol–water partition coefficient (Wildman–Crippen LogP) is 5.19. The summed E-state index contributed by atoms with van der Waals surface area (Å²) in [7, 11) is 0. The highest BCUT2D eigenvalue weighted by atomic mass is 35.5. The van der Waals surface area contributed by atoms with Gasteiger partial charge >= 0.3 is 6.03 Å². The molecule has 2 saturated heterocycles. The molecule has 0 aromatic heterocycles. The number of piperidine rings is 2. The molecule has 2 aliphatic rings. The predicted molar refractivity (Wildman–Crippen MR) is 110 cm³/mol. The van der Waals surface area contributed by atoms with E-state index >= 15 is 0 Å². The van der Waals surface area contributed by atoms with Crippen molar-refractivity contribution in [1.29, 1.82) is 0 Å². The molecule has 4 rings (SSSR count). The Bertz CT molecular complexity index is 815. The van der Waals surface area contributed by atoms with Gasteiger partial charge in [-0.1, -0.05) is 42.3 Å². The van der Waals surface area contributed by atoms with Crippen LogP contribution in [0.3, 0.4) is 0 Å². The number of carbonyl (C=O) groups excluding carboxylic acids is 1. The number of fused-ring (bicyclic) bond motifs is 2. The van der Waals surface area contributed by atoms with E-state index in [-0.39, 0.29) is 17.9 Å². The summed E-state index contributed by atoms with van der Waals surface area (Å²) in [4.78, 5) is 15.0. The van der Waals surface area contributed by atoms with Crippen LogP contribution in [0, 0.1) is 5.82 Å². The third-order valence-corrected chi connectivity index (χ3v) is 6.19. The van der Waals surface area contributed by atoms with Crippen LogP contribution < -0.4 is 10.6 Å². The number of benzene rings is 2. The van der Waals surface area contributed by atoms with Gasteiger partial charge in [0, 0.05) is 24.7 Å². The summed E-state index contributed by atoms with van der Waals surface area (Å²) in [5, 5.41) is 6.51. The van der Waals surface area contributed by atoms with Crippen LogP contribution in [0.5, 0.6) is 0 Å². The molecule has 2 fully saturated rings. The Labute approximate surface area is 170 Å². The fourth-order valence-corrected chi connectivity index (χ4v) is 4.74. The molecule has 2 aliphatic heterocycles. The molecule has 2 N–H and O–H groups in total. The zero-order chi connectivity index (χ0) is 19.5. The first kappa shape index (κ1) is 19.2. The normalized spacial score (nSPS) is 24.6. The minimum Gasteiger partial charge on any atom is -0.335 e. The molecule has 2 aromatic rings. The van der Waals surface area contributed by atoms with E-state index in [1.54, 1.807) is 12.1 Å². The molecule has 2 aromatic carbocycles. The number of hydrogen-bond acceptors (Lipinski definition) is 2. The number of hydrogen-bond donors (Lipinski definition) is 2. The number of anilines is 1. The number of para-hydroxylation sites is 1. The highest BCUT2D eigenvalue weighted by Gasteiger charge is 2.38. The molecular weight excluding hydrogens is 377 g/mol. The van der Waals surface area contributed by atoms with E-state index < -0.39 is 0 Å². The fourth-order valence-electron chi connectivity index (χ4n) is 4.56. The molecule has 2 heterocycles. The summed E-state index contributed by atoms with van der Waals surface area (Å²) in [5.74, 6) is -0.198. The lowest BCUT2D eigenvalue weighted by atomic mass is 9.81. The zero-order valence-corrected chi connectivity index (χ0v) is 16.5. The average Bonchev–Trinajstić information content (AvgIpc) is 2.66. The first-order valence-electron chi connectivity index (χ1n) is 9.91. The number of nitrogens with zero attached hydrogens (tertiary/aromatic N) is 1. The van der Waals surface area contributed by atoms with E-state index in [1.807, 2.05) is 24.3 Å². The standard InChI is InChI=1S/C22H25ClFN3O/c23-20-6-1-2-7-21(20)26-22(28)25-17-12-18-4-3-5-19(13-17)27(18)14-15-8-10-16(24)11-9-15/h1-2,6-11,17-19H,3-5,12-14H2,(H2,25,26,28). The molecular formula is C22H25ClFN3O. The lowest BCUT2D eigenvalue weighted by Crippen LogP contribution is -2.56. The molecule has 0 aliphatic carbocycles. The van der Waals surface area contributed by atoms with Gasteiger partial charge in [-0.05, 0) is 55.5 Å². The van der Waals surface area contributed by atoms with Gasteiger partial charge in [0.2, 0.25) is 0 Å². The van der Waals surface area contributed by atoms with Crippen molar-refractivity contribution in [2.45, 2.75) is 56.8 Å². The van der Waals surface area contributed by atoms with Crippen molar-refractivity contribution in [2.24, 2.45) is 0 Å². The van der Waals surface area contributed by atoms with E-state index in [1.165, 1.54) is 18.6 Å². The molecule has 2 bridgehead atoms. The Morgan fingerprint density at radius 2 is 1.75 bits per heavy atom. The summed E-state index contributed by atoms with van der Waals surface area (Å²) in [6, 6.07) is 14.9. The van der Waals surface area contributed by atoms with Crippen molar-refractivity contribution in [3.05, 3.63) is 64.9 Å². The van der Waals surface area contributed by atoms with Crippen LogP contribution in [0.15, 0.2) is 48.5 Å². The number of carbonyl (C=O) groups is 1. The SMILES string of the molecule is O=C(Nc1ccccc1Cl)NC1CC2CCCC(C1)N2Cc1ccc(F)cc1. The Balaban J connectivity index is 1.37. The first-order valence-corrected chi connectivity index (χ1v) is 10.3. The van der Waals surface area contributed by atoms with Crippen LogP contribution in [-0.4, -0.2) is 29.1 Å². The number of rotatable bonds is 4. The monoisotopic (exact) mass is 401 g/mol. The van der Waals surface area contributed by atoms with Gasteiger partial charge in [0.1, 0.15) is 5.82 Å². The van der Waals surface area contributed by atoms with Gasteiger partial charge in [-0.25, -0.2) is 9.18 Å². The Morgan fingerprint density at radius 1 is 1.07 bits per heavy atom. The topological polar surface area (TPSA) is 44.4 Å². The van der Waals surface area contributed by atoms with Gasteiger partial charge in [-0.2, -0.15) is 0 Å². The number of urea groups is 1. The van der Waals surface area contributed by atoms with Crippen LogP contribution in [-0.2, 0) is 6.54 Å². The summed E-state index contributed by atoms with van der Waals surface area (Å²) < 4.78 is 13.2. The van der Waals surface area contributed by atoms with Gasteiger partial charge in [-0.15, -0.1) is 0 Å². The minimum atomic E-state index is -0.205. The van der Waals surface area contributed by atoms with E-state index in [4.69, 9.17) is 11.6 Å². The van der Waals surface area contributed by atoms with Crippen LogP contribution in [0.25, 0.3) is 0 Å². The summed E-state index contributed by atoms with van der Waals surface area (Å²) in [5.41, 5.74) is 1.76. The van der Waals surface area contributed by atoms with Gasteiger partial charge in [0.25, 0.3) is 0 Å². The Kier molecular flexibility index (Phi) is 5.83. The van der Waals surface area contributed by atoms with Gasteiger partial charge in [0.15, 0.2) is 0 Å². The average molecular weight is 402 g/mol. The molecule has 6 heteroatoms. The van der Waals surface area contributed by atoms with Crippen LogP contribution >= 0.6 is 11.6 Å². The third-order valence-electron chi connectivity index (χ3n) is 5.86. The van der Waals surface area contributed by atoms with Crippen molar-refractivity contribution in [1.82, 2.24) is 10.2 Å². The molecule has 4 nitrogen and oxygen atoms in total. The molecule has 2 unspecified atom stereocenters. The lowest BCUT2D eigenvalue weighted by molar-refractivity contribution is 0.0200. The maximum atomic E-state index is 13.2. The largest absolute Gasteiger partial charge is 0.335 e. The van der Waals surface area contributed by atoms with E-state index in [2.05, 4.69) is 15.5 Å². The minimum absolute atomic E-state index is 0.155. The second-order valence-electron chi connectivity index (χ2n) is 7.78. The molecule has 0 spiro atoms. The molecule has 0 saturated carbocycles. The molecule has 28 heavy (non-hydrogen) atoms. The Morgan fingerprint density at radius 3 is 2.43 bits per heavy atom. The molecule has 148 valence electrons. The van der Waals surface area contributed by atoms with Gasteiger partial charge in [0.05, 0.1) is 10.7 Å². The summed E-state index contributed by atoms with van der Waals surface area (Å²) in [6.45, 7) is 0.841. The maximum absolute atomic E-state index is 13.2. The number of amides is 2. The summed E-state index contributed by atoms with van der Waals surface area (Å²) in [6.07, 6.45) is 5.39. The van der Waals surface area contributed by atoms with E-state index in [0.717, 1.165) is 37.8 Å². The van der Waals surface area contributed by atoms with Gasteiger partial charge in [-0.3, -0.25) is 4.90 Å². The van der Waals surface area contributed by atoms with Crippen LogP contribution in [0.2, 0.25) is 5.02 Å². The molecule has 0 radical (unpaired) electrons. The van der Waals surface area contributed by atoms with E-state index in [9.17, 15) is 9.18 Å². The number of nitrogens with one attached hydrogen (secondary N) is 2. The fraction of sp³-hybridized carbons (Fsp3) is 0.409. The second kappa shape index (κ2) is 8.50. The van der Waals surface area contributed by atoms with Crippen molar-refractivity contribution in [3.8, 4) is 0 Å². The van der Waals surface area contributed by atoms with Crippen molar-refractivity contribution in [2.75, 3.05) is 5.32 Å². The first-order chi connectivity index (χ1) is 13.6. The summed E-state index contributed by atoms with van der Waals surface area (Å²) >= 11 is 6.12. The lowest BCUT2D eigenvalue weighted by Gasteiger charge is -2.49. The van der Waals surface area contributed by atoms with Crippen molar-refractivity contribution in [3.63, 3.8) is 0 Å². The third kappa shape index (κ3) is 4.47. The maximum Gasteiger partial charge on any atom is 0.319 e. The zero-order valence-electron chi connectivity index (χ0n) is 15.7.